The molecule has 0 fully saturated rings. The Morgan fingerprint density at radius 1 is 0.862 bits per heavy atom. The summed E-state index contributed by atoms with van der Waals surface area (Å²) in [6, 6.07) is 20.8. The van der Waals surface area contributed by atoms with Crippen molar-refractivity contribution in [1.29, 1.82) is 0 Å². The molecule has 0 amide bonds. The Bertz CT molecular complexity index is 744. The molecule has 0 aliphatic heterocycles. The van der Waals surface area contributed by atoms with E-state index in [1.165, 1.54) is 22.3 Å². The van der Waals surface area contributed by atoms with Gasteiger partial charge in [0.25, 0.3) is 0 Å². The summed E-state index contributed by atoms with van der Waals surface area (Å²) in [6.45, 7) is 7.25. The van der Waals surface area contributed by atoms with E-state index in [-0.39, 0.29) is 5.41 Å². The van der Waals surface area contributed by atoms with Crippen LogP contribution in [0.4, 0.5) is 0 Å². The molecule has 0 spiro atoms. The molecule has 29 heavy (non-hydrogen) atoms. The van der Waals surface area contributed by atoms with Crippen LogP contribution in [0.1, 0.15) is 50.7 Å². The van der Waals surface area contributed by atoms with Crippen LogP contribution in [0.5, 0.6) is 0 Å². The van der Waals surface area contributed by atoms with Crippen molar-refractivity contribution in [2.24, 2.45) is 5.41 Å². The third-order valence-electron chi connectivity index (χ3n) is 5.71. The van der Waals surface area contributed by atoms with Crippen molar-refractivity contribution in [3.8, 4) is 0 Å². The zero-order valence-corrected chi connectivity index (χ0v) is 17.9. The zero-order chi connectivity index (χ0) is 20.4. The highest BCUT2D eigenvalue weighted by molar-refractivity contribution is 5.28. The van der Waals surface area contributed by atoms with Crippen molar-refractivity contribution in [1.82, 2.24) is 0 Å². The minimum absolute atomic E-state index is 0.0528. The van der Waals surface area contributed by atoms with Gasteiger partial charge in [-0.1, -0.05) is 85.3 Å². The van der Waals surface area contributed by atoms with Gasteiger partial charge in [-0.2, -0.15) is 0 Å². The van der Waals surface area contributed by atoms with Gasteiger partial charge in [0.2, 0.25) is 0 Å². The van der Waals surface area contributed by atoms with Gasteiger partial charge >= 0.3 is 0 Å². The second kappa shape index (κ2) is 11.1. The van der Waals surface area contributed by atoms with Crippen LogP contribution in [0.2, 0.25) is 0 Å². The van der Waals surface area contributed by atoms with Gasteiger partial charge in [-0.15, -0.1) is 0 Å². The number of rotatable bonds is 10. The predicted octanol–water partition coefficient (Wildman–Crippen LogP) is 6.87. The van der Waals surface area contributed by atoms with Gasteiger partial charge in [0.1, 0.15) is 0 Å². The maximum atomic E-state index is 6.21. The lowest BCUT2D eigenvalue weighted by Gasteiger charge is -2.38. The van der Waals surface area contributed by atoms with Crippen molar-refractivity contribution in [3.63, 3.8) is 0 Å². The highest BCUT2D eigenvalue weighted by Crippen LogP contribution is 2.40. The van der Waals surface area contributed by atoms with Gasteiger partial charge in [0, 0.05) is 5.41 Å². The average molecular weight is 391 g/mol. The van der Waals surface area contributed by atoms with E-state index in [0.717, 1.165) is 38.9 Å². The molecule has 0 bridgehead atoms. The molecule has 1 aliphatic carbocycles. The van der Waals surface area contributed by atoms with Crippen molar-refractivity contribution in [2.45, 2.75) is 52.7 Å². The smallest absolute Gasteiger partial charge is 0.0717 e. The normalized spacial score (nSPS) is 16.5. The Hall–Kier alpha value is -2.16. The third-order valence-corrected chi connectivity index (χ3v) is 5.71. The number of hydrogen-bond acceptors (Lipinski definition) is 2. The summed E-state index contributed by atoms with van der Waals surface area (Å²) in [4.78, 5) is 0. The fourth-order valence-electron chi connectivity index (χ4n) is 4.07. The molecule has 0 atom stereocenters. The maximum Gasteiger partial charge on any atom is 0.0717 e. The SMILES string of the molecule is CC/C=C/C1=C(C)CC(COCc2ccccc2)(COCc2ccccc2)CC1. The summed E-state index contributed by atoms with van der Waals surface area (Å²) >= 11 is 0. The number of ether oxygens (including phenoxy) is 2. The van der Waals surface area contributed by atoms with Gasteiger partial charge in [-0.3, -0.25) is 0 Å². The van der Waals surface area contributed by atoms with Crippen molar-refractivity contribution in [3.05, 3.63) is 95.1 Å². The Labute approximate surface area is 176 Å². The number of hydrogen-bond donors (Lipinski definition) is 0. The first-order chi connectivity index (χ1) is 14.2. The van der Waals surface area contributed by atoms with Gasteiger partial charge < -0.3 is 9.47 Å². The van der Waals surface area contributed by atoms with Crippen LogP contribution in [-0.4, -0.2) is 13.2 Å². The van der Waals surface area contributed by atoms with E-state index < -0.39 is 0 Å². The minimum Gasteiger partial charge on any atom is -0.376 e. The highest BCUT2D eigenvalue weighted by atomic mass is 16.5. The second-order valence-electron chi connectivity index (χ2n) is 8.25. The number of benzene rings is 2. The van der Waals surface area contributed by atoms with Crippen molar-refractivity contribution < 1.29 is 9.47 Å². The lowest BCUT2D eigenvalue weighted by Crippen LogP contribution is -2.35. The zero-order valence-electron chi connectivity index (χ0n) is 17.9. The molecule has 0 N–H and O–H groups in total. The predicted molar refractivity (Wildman–Crippen MR) is 121 cm³/mol. The molecular weight excluding hydrogens is 356 g/mol. The van der Waals surface area contributed by atoms with E-state index in [9.17, 15) is 0 Å². The summed E-state index contributed by atoms with van der Waals surface area (Å²) in [5, 5.41) is 0. The Morgan fingerprint density at radius 2 is 1.41 bits per heavy atom. The minimum atomic E-state index is 0.0528. The Kier molecular flexibility index (Phi) is 8.27. The molecule has 2 aromatic rings. The largest absolute Gasteiger partial charge is 0.376 e. The molecule has 0 radical (unpaired) electrons. The van der Waals surface area contributed by atoms with E-state index in [1.807, 2.05) is 12.1 Å². The van der Waals surface area contributed by atoms with Gasteiger partial charge in [-0.25, -0.2) is 0 Å². The van der Waals surface area contributed by atoms with Gasteiger partial charge in [0.15, 0.2) is 0 Å². The topological polar surface area (TPSA) is 18.5 Å². The van der Waals surface area contributed by atoms with E-state index >= 15 is 0 Å². The first kappa shape index (κ1) is 21.5. The fraction of sp³-hybridized carbons (Fsp3) is 0.407. The number of allylic oxidation sites excluding steroid dienone is 4. The first-order valence-corrected chi connectivity index (χ1v) is 10.8. The molecule has 0 aromatic heterocycles. The van der Waals surface area contributed by atoms with E-state index in [0.29, 0.717) is 13.2 Å². The van der Waals surface area contributed by atoms with Crippen LogP contribution in [0.25, 0.3) is 0 Å². The van der Waals surface area contributed by atoms with Crippen molar-refractivity contribution in [2.75, 3.05) is 13.2 Å². The molecule has 1 aliphatic rings. The fourth-order valence-corrected chi connectivity index (χ4v) is 4.07. The van der Waals surface area contributed by atoms with Crippen LogP contribution in [0.3, 0.4) is 0 Å². The molecule has 2 aromatic carbocycles. The molecule has 0 unspecified atom stereocenters. The van der Waals surface area contributed by atoms with Crippen LogP contribution < -0.4 is 0 Å². The summed E-state index contributed by atoms with van der Waals surface area (Å²) in [6.07, 6.45) is 8.92. The van der Waals surface area contributed by atoms with Crippen LogP contribution in [-0.2, 0) is 22.7 Å². The van der Waals surface area contributed by atoms with Crippen LogP contribution in [0, 0.1) is 5.41 Å². The van der Waals surface area contributed by atoms with Gasteiger partial charge in [-0.05, 0) is 49.3 Å². The standard InChI is InChI=1S/C27H34O2/c1-3-4-15-26-16-17-27(18-23(26)2,21-28-19-24-11-7-5-8-12-24)22-29-20-25-13-9-6-10-14-25/h4-15H,3,16-22H2,1-2H3/b15-4+. The van der Waals surface area contributed by atoms with Crippen molar-refractivity contribution >= 4 is 0 Å². The Morgan fingerprint density at radius 3 is 1.90 bits per heavy atom. The molecular formula is C27H34O2. The third kappa shape index (κ3) is 6.69. The highest BCUT2D eigenvalue weighted by Gasteiger charge is 2.34. The maximum absolute atomic E-state index is 6.21. The summed E-state index contributed by atoms with van der Waals surface area (Å²) in [7, 11) is 0. The molecule has 0 heterocycles. The van der Waals surface area contributed by atoms with E-state index in [4.69, 9.17) is 9.47 Å². The molecule has 0 saturated carbocycles. The lowest BCUT2D eigenvalue weighted by molar-refractivity contribution is -0.0397. The monoisotopic (exact) mass is 390 g/mol. The molecule has 2 heteroatoms. The van der Waals surface area contributed by atoms with E-state index in [2.05, 4.69) is 74.5 Å². The Balaban J connectivity index is 1.64. The van der Waals surface area contributed by atoms with Crippen LogP contribution >= 0.6 is 0 Å². The first-order valence-electron chi connectivity index (χ1n) is 10.8. The molecule has 154 valence electrons. The quantitative estimate of drug-likeness (QED) is 0.440. The lowest BCUT2D eigenvalue weighted by atomic mass is 9.72. The second-order valence-corrected chi connectivity index (χ2v) is 8.25. The summed E-state index contributed by atoms with van der Waals surface area (Å²) in [5.74, 6) is 0. The van der Waals surface area contributed by atoms with E-state index in [1.54, 1.807) is 0 Å². The summed E-state index contributed by atoms with van der Waals surface area (Å²) in [5.41, 5.74) is 5.48. The molecule has 2 nitrogen and oxygen atoms in total. The van der Waals surface area contributed by atoms with Gasteiger partial charge in [0.05, 0.1) is 26.4 Å². The molecule has 3 rings (SSSR count). The molecule has 0 saturated heterocycles. The summed E-state index contributed by atoms with van der Waals surface area (Å²) < 4.78 is 12.4. The average Bonchev–Trinajstić information content (AvgIpc) is 2.75. The van der Waals surface area contributed by atoms with Crippen LogP contribution in [0.15, 0.2) is 84.0 Å².